The number of rotatable bonds is 5. The van der Waals surface area contributed by atoms with E-state index in [0.29, 0.717) is 31.6 Å². The van der Waals surface area contributed by atoms with Gasteiger partial charge in [-0.15, -0.1) is 0 Å². The Bertz CT molecular complexity index is 706. The summed E-state index contributed by atoms with van der Waals surface area (Å²) in [7, 11) is 0. The fourth-order valence-corrected chi connectivity index (χ4v) is 2.98. The van der Waals surface area contributed by atoms with Crippen molar-refractivity contribution in [1.82, 2.24) is 14.9 Å². The average molecular weight is 322 g/mol. The average Bonchev–Trinajstić information content (AvgIpc) is 2.49. The standard InChI is InChI=1S/C15H22N4O4/c1-9-11(14(22)18-15(23)17-9)7-13(21)19-6-2-3-10(8-19)4-5-12(16)20/h10H,2-8H2,1H3,(H2,16,20)(H2,17,18,22,23). The number of carbonyl (C=O) groups excluding carboxylic acids is 2. The molecule has 0 bridgehead atoms. The summed E-state index contributed by atoms with van der Waals surface area (Å²) in [6.07, 6.45) is 2.80. The summed E-state index contributed by atoms with van der Waals surface area (Å²) in [5, 5.41) is 0. The summed E-state index contributed by atoms with van der Waals surface area (Å²) in [5.74, 6) is -0.214. The third-order valence-electron chi connectivity index (χ3n) is 4.25. The molecule has 2 amide bonds. The van der Waals surface area contributed by atoms with E-state index in [2.05, 4.69) is 9.97 Å². The zero-order valence-electron chi connectivity index (χ0n) is 13.2. The molecule has 2 rings (SSSR count). The molecule has 1 aromatic rings. The van der Waals surface area contributed by atoms with Gasteiger partial charge in [-0.3, -0.25) is 19.4 Å². The van der Waals surface area contributed by atoms with Crippen molar-refractivity contribution in [3.05, 3.63) is 32.1 Å². The molecule has 126 valence electrons. The SMILES string of the molecule is Cc1[nH]c(=O)[nH]c(=O)c1CC(=O)N1CCCC(CCC(N)=O)C1. The highest BCUT2D eigenvalue weighted by molar-refractivity contribution is 5.79. The van der Waals surface area contributed by atoms with Crippen molar-refractivity contribution in [2.75, 3.05) is 13.1 Å². The largest absolute Gasteiger partial charge is 0.370 e. The minimum absolute atomic E-state index is 0.0412. The topological polar surface area (TPSA) is 129 Å². The Morgan fingerprint density at radius 3 is 2.70 bits per heavy atom. The number of aryl methyl sites for hydroxylation is 1. The third kappa shape index (κ3) is 4.54. The summed E-state index contributed by atoms with van der Waals surface area (Å²) in [6, 6.07) is 0. The van der Waals surface area contributed by atoms with E-state index >= 15 is 0 Å². The lowest BCUT2D eigenvalue weighted by Crippen LogP contribution is -2.42. The number of amides is 2. The van der Waals surface area contributed by atoms with Crippen molar-refractivity contribution in [2.24, 2.45) is 11.7 Å². The molecule has 0 aromatic carbocycles. The van der Waals surface area contributed by atoms with Crippen LogP contribution in [0.2, 0.25) is 0 Å². The highest BCUT2D eigenvalue weighted by Gasteiger charge is 2.25. The predicted octanol–water partition coefficient (Wildman–Crippen LogP) is -0.582. The number of hydrogen-bond acceptors (Lipinski definition) is 4. The second-order valence-corrected chi connectivity index (χ2v) is 6.04. The molecule has 0 aliphatic carbocycles. The number of aromatic amines is 2. The van der Waals surface area contributed by atoms with Gasteiger partial charge in [-0.05, 0) is 32.1 Å². The molecule has 1 aromatic heterocycles. The van der Waals surface area contributed by atoms with Crippen molar-refractivity contribution in [1.29, 1.82) is 0 Å². The van der Waals surface area contributed by atoms with Crippen molar-refractivity contribution < 1.29 is 9.59 Å². The van der Waals surface area contributed by atoms with Gasteiger partial charge >= 0.3 is 5.69 Å². The van der Waals surface area contributed by atoms with Crippen molar-refractivity contribution in [3.63, 3.8) is 0 Å². The van der Waals surface area contributed by atoms with Crippen LogP contribution in [0.5, 0.6) is 0 Å². The molecule has 8 heteroatoms. The first-order valence-corrected chi connectivity index (χ1v) is 7.75. The number of nitrogens with two attached hydrogens (primary N) is 1. The lowest BCUT2D eigenvalue weighted by Gasteiger charge is -2.32. The number of aromatic nitrogens is 2. The Kier molecular flexibility index (Phi) is 5.36. The molecule has 1 aliphatic rings. The predicted molar refractivity (Wildman–Crippen MR) is 83.9 cm³/mol. The number of nitrogens with one attached hydrogen (secondary N) is 2. The summed E-state index contributed by atoms with van der Waals surface area (Å²) in [4.78, 5) is 52.7. The molecule has 1 atom stereocenters. The van der Waals surface area contributed by atoms with Gasteiger partial charge < -0.3 is 15.6 Å². The highest BCUT2D eigenvalue weighted by atomic mass is 16.2. The van der Waals surface area contributed by atoms with Gasteiger partial charge in [0.1, 0.15) is 0 Å². The molecule has 4 N–H and O–H groups in total. The first-order valence-electron chi connectivity index (χ1n) is 7.75. The highest BCUT2D eigenvalue weighted by Crippen LogP contribution is 2.21. The lowest BCUT2D eigenvalue weighted by atomic mass is 9.93. The third-order valence-corrected chi connectivity index (χ3v) is 4.25. The molecule has 0 saturated carbocycles. The van der Waals surface area contributed by atoms with E-state index in [4.69, 9.17) is 5.73 Å². The molecular weight excluding hydrogens is 300 g/mol. The molecule has 1 saturated heterocycles. The van der Waals surface area contributed by atoms with E-state index in [1.807, 2.05) is 0 Å². The Balaban J connectivity index is 2.02. The maximum atomic E-state index is 12.4. The zero-order chi connectivity index (χ0) is 17.0. The maximum Gasteiger partial charge on any atom is 0.325 e. The monoisotopic (exact) mass is 322 g/mol. The number of piperidine rings is 1. The van der Waals surface area contributed by atoms with Crippen LogP contribution in [0, 0.1) is 12.8 Å². The van der Waals surface area contributed by atoms with E-state index in [9.17, 15) is 19.2 Å². The van der Waals surface area contributed by atoms with Crippen LogP contribution < -0.4 is 17.0 Å². The normalized spacial score (nSPS) is 18.0. The Morgan fingerprint density at radius 2 is 2.04 bits per heavy atom. The number of primary amides is 1. The summed E-state index contributed by atoms with van der Waals surface area (Å²) in [5.41, 5.74) is 4.76. The first-order chi connectivity index (χ1) is 10.9. The van der Waals surface area contributed by atoms with Gasteiger partial charge in [0.05, 0.1) is 6.42 Å². The van der Waals surface area contributed by atoms with Crippen molar-refractivity contribution in [2.45, 2.75) is 39.0 Å². The van der Waals surface area contributed by atoms with E-state index in [0.717, 1.165) is 12.8 Å². The van der Waals surface area contributed by atoms with Crippen molar-refractivity contribution in [3.8, 4) is 0 Å². The van der Waals surface area contributed by atoms with Gasteiger partial charge in [-0.25, -0.2) is 4.79 Å². The molecule has 8 nitrogen and oxygen atoms in total. The Morgan fingerprint density at radius 1 is 1.30 bits per heavy atom. The van der Waals surface area contributed by atoms with E-state index in [1.165, 1.54) is 0 Å². The number of carbonyl (C=O) groups is 2. The van der Waals surface area contributed by atoms with Crippen LogP contribution in [-0.4, -0.2) is 39.8 Å². The van der Waals surface area contributed by atoms with Gasteiger partial charge in [0, 0.05) is 30.8 Å². The molecule has 23 heavy (non-hydrogen) atoms. The van der Waals surface area contributed by atoms with Gasteiger partial charge in [0.2, 0.25) is 11.8 Å². The van der Waals surface area contributed by atoms with Crippen LogP contribution in [0.25, 0.3) is 0 Å². The van der Waals surface area contributed by atoms with Crippen molar-refractivity contribution >= 4 is 11.8 Å². The van der Waals surface area contributed by atoms with E-state index in [1.54, 1.807) is 11.8 Å². The molecule has 1 unspecified atom stereocenters. The van der Waals surface area contributed by atoms with Gasteiger partial charge in [0.15, 0.2) is 0 Å². The van der Waals surface area contributed by atoms with Crippen LogP contribution in [0.3, 0.4) is 0 Å². The Hall–Kier alpha value is -2.38. The van der Waals surface area contributed by atoms with Crippen LogP contribution in [0.15, 0.2) is 9.59 Å². The second-order valence-electron chi connectivity index (χ2n) is 6.04. The molecule has 0 radical (unpaired) electrons. The minimum Gasteiger partial charge on any atom is -0.370 e. The summed E-state index contributed by atoms with van der Waals surface area (Å²) in [6.45, 7) is 2.82. The van der Waals surface area contributed by atoms with E-state index < -0.39 is 11.2 Å². The maximum absolute atomic E-state index is 12.4. The fraction of sp³-hybridized carbons (Fsp3) is 0.600. The number of hydrogen-bond donors (Lipinski definition) is 3. The van der Waals surface area contributed by atoms with E-state index in [-0.39, 0.29) is 29.7 Å². The number of H-pyrrole nitrogens is 2. The molecule has 1 fully saturated rings. The van der Waals surface area contributed by atoms with Gasteiger partial charge in [-0.1, -0.05) is 0 Å². The molecular formula is C15H22N4O4. The van der Waals surface area contributed by atoms with Crippen LogP contribution >= 0.6 is 0 Å². The van der Waals surface area contributed by atoms with Crippen LogP contribution in [0.4, 0.5) is 0 Å². The second kappa shape index (κ2) is 7.26. The lowest BCUT2D eigenvalue weighted by molar-refractivity contribution is -0.132. The minimum atomic E-state index is -0.576. The molecule has 2 heterocycles. The zero-order valence-corrected chi connectivity index (χ0v) is 13.2. The van der Waals surface area contributed by atoms with Gasteiger partial charge in [0.25, 0.3) is 5.56 Å². The fourth-order valence-electron chi connectivity index (χ4n) is 2.98. The summed E-state index contributed by atoms with van der Waals surface area (Å²) < 4.78 is 0. The number of likely N-dealkylation sites (tertiary alicyclic amines) is 1. The molecule has 1 aliphatic heterocycles. The van der Waals surface area contributed by atoms with Crippen LogP contribution in [0.1, 0.15) is 36.9 Å². The Labute approximate surface area is 133 Å². The quantitative estimate of drug-likeness (QED) is 0.669. The molecule has 0 spiro atoms. The van der Waals surface area contributed by atoms with Gasteiger partial charge in [-0.2, -0.15) is 0 Å². The summed E-state index contributed by atoms with van der Waals surface area (Å²) >= 11 is 0. The van der Waals surface area contributed by atoms with Crippen LogP contribution in [-0.2, 0) is 16.0 Å². The number of nitrogens with zero attached hydrogens (tertiary/aromatic N) is 1. The smallest absolute Gasteiger partial charge is 0.325 e. The first kappa shape index (κ1) is 17.0.